The Bertz CT molecular complexity index is 3180. The van der Waals surface area contributed by atoms with Crippen LogP contribution in [0, 0.1) is 34.5 Å². The number of esters is 2. The Kier molecular flexibility index (Phi) is 17.5. The lowest BCUT2D eigenvalue weighted by Crippen LogP contribution is -2.50. The summed E-state index contributed by atoms with van der Waals surface area (Å²) in [5, 5.41) is 13.8. The second-order valence-electron chi connectivity index (χ2n) is 26.2. The van der Waals surface area contributed by atoms with Crippen molar-refractivity contribution in [3.8, 4) is 0 Å². The molecule has 18 nitrogen and oxygen atoms in total. The number of hydrogen-bond donors (Lipinski definition) is 4. The maximum atomic E-state index is 14.4. The number of carbonyl (C=O) groups is 6. The number of carbonyl (C=O) groups excluding carboxylic acids is 6. The number of likely N-dealkylation sites (tertiary alicyclic amines) is 2. The van der Waals surface area contributed by atoms with Crippen LogP contribution in [0.4, 0.5) is 11.4 Å². The number of imidazole rings is 2. The van der Waals surface area contributed by atoms with Gasteiger partial charge in [0.15, 0.2) is 13.5 Å². The lowest BCUT2D eigenvalue weighted by atomic mass is 9.80. The van der Waals surface area contributed by atoms with E-state index >= 15 is 0 Å². The predicted molar refractivity (Wildman–Crippen MR) is 326 cm³/mol. The van der Waals surface area contributed by atoms with Gasteiger partial charge in [-0.1, -0.05) is 98.5 Å². The molecule has 2 saturated heterocycles. The molecule has 2 saturated carbocycles. The SMILES string of the molecule is CC(C)(C)C(=O)OCn1cnc([C@@H]2Nc3ccccc3[C@H]3[C@@H]2CCN3C(=O)[C@H]2CCCC[C@H]2NC(=O)c2ccccc2)c1.CC(C)(C)C(=O)OCn1cnc([C@H]2Nc3ccccc3[C@@H]3[C@H]2CCN3C(=O)[C@H]2CCCC[C@H]2NC(=O)c2ccccc2)c1. The number of ether oxygens (including phenoxy) is 2. The molecule has 6 aromatic rings. The zero-order valence-corrected chi connectivity index (χ0v) is 50.3. The highest BCUT2D eigenvalue weighted by Gasteiger charge is 2.51. The molecule has 2 aromatic heterocycles. The predicted octanol–water partition coefficient (Wildman–Crippen LogP) is 11.0. The van der Waals surface area contributed by atoms with Crippen LogP contribution in [-0.4, -0.2) is 89.6 Å². The summed E-state index contributed by atoms with van der Waals surface area (Å²) in [4.78, 5) is 92.9. The van der Waals surface area contributed by atoms with Crippen molar-refractivity contribution in [3.05, 3.63) is 168 Å². The summed E-state index contributed by atoms with van der Waals surface area (Å²) in [6.45, 7) is 12.5. The smallest absolute Gasteiger partial charge is 0.312 e. The van der Waals surface area contributed by atoms with Crippen LogP contribution in [0.5, 0.6) is 0 Å². The van der Waals surface area contributed by atoms with Gasteiger partial charge in [-0.3, -0.25) is 28.8 Å². The fraction of sp³-hybridized carbons (Fsp3) is 0.471. The number of nitrogens with zero attached hydrogens (tertiary/aromatic N) is 6. The van der Waals surface area contributed by atoms with Gasteiger partial charge in [0.25, 0.3) is 11.8 Å². The van der Waals surface area contributed by atoms with E-state index in [2.05, 4.69) is 55.3 Å². The van der Waals surface area contributed by atoms with Gasteiger partial charge in [-0.2, -0.15) is 0 Å². The fourth-order valence-corrected chi connectivity index (χ4v) is 13.8. The molecule has 12 rings (SSSR count). The van der Waals surface area contributed by atoms with E-state index in [1.165, 1.54) is 0 Å². The number of fused-ring (bicyclic) bond motifs is 6. The van der Waals surface area contributed by atoms with E-state index in [1.807, 2.05) is 139 Å². The molecule has 4 N–H and O–H groups in total. The first kappa shape index (κ1) is 59.5. The number of benzene rings is 4. The Morgan fingerprint density at radius 1 is 0.500 bits per heavy atom. The first-order chi connectivity index (χ1) is 41.4. The quantitative estimate of drug-likeness (QED) is 0.0843. The number of nitrogens with one attached hydrogen (secondary N) is 4. The Labute approximate surface area is 504 Å². The summed E-state index contributed by atoms with van der Waals surface area (Å²) in [5.41, 5.74) is 6.03. The van der Waals surface area contributed by atoms with Crippen molar-refractivity contribution < 1.29 is 38.2 Å². The van der Waals surface area contributed by atoms with Gasteiger partial charge in [-0.15, -0.1) is 0 Å². The summed E-state index contributed by atoms with van der Waals surface area (Å²) in [6, 6.07) is 34.1. The average Bonchev–Trinajstić information content (AvgIpc) is 1.86. The molecule has 6 aliphatic rings. The van der Waals surface area contributed by atoms with Crippen LogP contribution in [0.25, 0.3) is 0 Å². The van der Waals surface area contributed by atoms with Crippen molar-refractivity contribution >= 4 is 46.9 Å². The molecular formula is C68H82N10O8. The van der Waals surface area contributed by atoms with Gasteiger partial charge in [0.2, 0.25) is 11.8 Å². The monoisotopic (exact) mass is 1170 g/mol. The number of rotatable bonds is 12. The highest BCUT2D eigenvalue weighted by Crippen LogP contribution is 2.53. The lowest BCUT2D eigenvalue weighted by Gasteiger charge is -2.41. The molecule has 4 fully saturated rings. The number of aromatic nitrogens is 4. The largest absolute Gasteiger partial charge is 0.443 e. The molecule has 2 aliphatic carbocycles. The minimum atomic E-state index is -0.577. The molecule has 0 spiro atoms. The van der Waals surface area contributed by atoms with Crippen LogP contribution in [0.3, 0.4) is 0 Å². The van der Waals surface area contributed by atoms with Crippen LogP contribution in [-0.2, 0) is 42.1 Å². The molecule has 86 heavy (non-hydrogen) atoms. The maximum Gasteiger partial charge on any atom is 0.312 e. The summed E-state index contributed by atoms with van der Waals surface area (Å²) >= 11 is 0. The van der Waals surface area contributed by atoms with E-state index in [4.69, 9.17) is 19.4 Å². The van der Waals surface area contributed by atoms with E-state index in [0.29, 0.717) is 24.2 Å². The second kappa shape index (κ2) is 25.4. The van der Waals surface area contributed by atoms with Crippen LogP contribution in [0.15, 0.2) is 134 Å². The van der Waals surface area contributed by atoms with Gasteiger partial charge < -0.3 is 49.7 Å². The van der Waals surface area contributed by atoms with Gasteiger partial charge in [-0.25, -0.2) is 9.97 Å². The Hall–Kier alpha value is -8.28. The molecule has 18 heteroatoms. The third-order valence-electron chi connectivity index (χ3n) is 18.2. The van der Waals surface area contributed by atoms with Crippen LogP contribution < -0.4 is 21.3 Å². The lowest BCUT2D eigenvalue weighted by molar-refractivity contribution is -0.157. The molecule has 4 aromatic carbocycles. The molecule has 452 valence electrons. The van der Waals surface area contributed by atoms with Gasteiger partial charge in [0, 0.05) is 71.9 Å². The Balaban J connectivity index is 0.000000179. The zero-order valence-electron chi connectivity index (χ0n) is 50.3. The summed E-state index contributed by atoms with van der Waals surface area (Å²) < 4.78 is 14.6. The van der Waals surface area contributed by atoms with Crippen LogP contribution >= 0.6 is 0 Å². The van der Waals surface area contributed by atoms with Crippen molar-refractivity contribution in [2.24, 2.45) is 34.5 Å². The molecule has 6 heterocycles. The van der Waals surface area contributed by atoms with Gasteiger partial charge >= 0.3 is 11.9 Å². The first-order valence-electron chi connectivity index (χ1n) is 30.8. The fourth-order valence-electron chi connectivity index (χ4n) is 13.8. The van der Waals surface area contributed by atoms with E-state index in [-0.39, 0.29) is 109 Å². The number of para-hydroxylation sites is 2. The van der Waals surface area contributed by atoms with E-state index in [0.717, 1.165) is 98.1 Å². The maximum absolute atomic E-state index is 14.4. The second-order valence-corrected chi connectivity index (χ2v) is 26.2. The summed E-state index contributed by atoms with van der Waals surface area (Å²) in [6.07, 6.45) is 16.0. The molecular weight excluding hydrogens is 1080 g/mol. The molecule has 0 unspecified atom stereocenters. The number of amides is 4. The summed E-state index contributed by atoms with van der Waals surface area (Å²) in [7, 11) is 0. The van der Waals surface area contributed by atoms with Crippen LogP contribution in [0.1, 0.15) is 173 Å². The zero-order chi connectivity index (χ0) is 60.3. The van der Waals surface area contributed by atoms with Crippen LogP contribution in [0.2, 0.25) is 0 Å². The summed E-state index contributed by atoms with van der Waals surface area (Å²) in [5.74, 6) is -0.783. The number of hydrogen-bond acceptors (Lipinski definition) is 12. The molecule has 0 bridgehead atoms. The van der Waals surface area contributed by atoms with E-state index in [1.54, 1.807) is 21.8 Å². The van der Waals surface area contributed by atoms with Crippen molar-refractivity contribution in [2.45, 2.75) is 155 Å². The Morgan fingerprint density at radius 2 is 0.872 bits per heavy atom. The third-order valence-corrected chi connectivity index (χ3v) is 18.2. The van der Waals surface area contributed by atoms with E-state index in [9.17, 15) is 28.8 Å². The van der Waals surface area contributed by atoms with Crippen molar-refractivity contribution in [1.82, 2.24) is 39.5 Å². The minimum absolute atomic E-state index is 0.0915. The molecule has 0 radical (unpaired) electrons. The highest BCUT2D eigenvalue weighted by molar-refractivity contribution is 5.95. The third kappa shape index (κ3) is 12.8. The molecule has 4 aliphatic heterocycles. The Morgan fingerprint density at radius 3 is 1.27 bits per heavy atom. The normalized spacial score (nSPS) is 24.8. The van der Waals surface area contributed by atoms with Gasteiger partial charge in [-0.05, 0) is 128 Å². The number of anilines is 2. The minimum Gasteiger partial charge on any atom is -0.443 e. The topological polar surface area (TPSA) is 211 Å². The molecule has 4 amide bonds. The van der Waals surface area contributed by atoms with Gasteiger partial charge in [0.1, 0.15) is 0 Å². The van der Waals surface area contributed by atoms with Crippen molar-refractivity contribution in [3.63, 3.8) is 0 Å². The average molecular weight is 1170 g/mol. The van der Waals surface area contributed by atoms with Crippen molar-refractivity contribution in [1.29, 1.82) is 0 Å². The highest BCUT2D eigenvalue weighted by atomic mass is 16.5. The first-order valence-corrected chi connectivity index (χ1v) is 30.8. The van der Waals surface area contributed by atoms with E-state index < -0.39 is 10.8 Å². The molecule has 10 atom stereocenters. The van der Waals surface area contributed by atoms with Gasteiger partial charge in [0.05, 0.1) is 70.9 Å². The van der Waals surface area contributed by atoms with Crippen molar-refractivity contribution in [2.75, 3.05) is 23.7 Å². The standard InChI is InChI=1S/2C34H41N5O4/c2*1-34(2,3)33(42)43-21-38-19-28(35-20-38)29-25-17-18-39(30(25)23-13-7-9-15-26(23)36-29)32(41)24-14-8-10-16-27(24)37-31(40)22-11-5-4-6-12-22/h2*4-7,9,11-13,15,19-20,24-25,27,29-30,36H,8,10,14,16-18,21H2,1-3H3,(H,37,40)/t24-,25+,27+,29+,30-;24-,25-,27+,29-,30+/m00/s1.